The average Bonchev–Trinajstić information content (AvgIpc) is 3.92. The summed E-state index contributed by atoms with van der Waals surface area (Å²) in [6.07, 6.45) is 8.73. The van der Waals surface area contributed by atoms with Crippen molar-refractivity contribution in [3.63, 3.8) is 0 Å². The number of likely N-dealkylation sites (tertiary alicyclic amines) is 1. The second-order valence-electron chi connectivity index (χ2n) is 18.7. The molecule has 0 bridgehead atoms. The van der Waals surface area contributed by atoms with E-state index in [1.54, 1.807) is 0 Å². The van der Waals surface area contributed by atoms with Crippen LogP contribution in [0.25, 0.3) is 28.2 Å². The molecule has 3 atom stereocenters. The van der Waals surface area contributed by atoms with Crippen LogP contribution in [0.4, 0.5) is 0 Å². The van der Waals surface area contributed by atoms with Crippen LogP contribution in [-0.4, -0.2) is 101 Å². The van der Waals surface area contributed by atoms with Gasteiger partial charge in [0.2, 0.25) is 11.8 Å². The summed E-state index contributed by atoms with van der Waals surface area (Å²) < 4.78 is 38.7. The standard InChI is InChI=1S/C42H67IN8O5Si2/c1-13-32-31-25-33(44-26-35(31)51(46-32)37-18-14-15-21-53-37)38-29(2)45-48(7)41(38)56-30(3)34-17-16-19-49(34)27-36-39(43)40(54-28-52-23-24-57(8,9)10)47-50(36)20-22-55-58(11,12)42(4,5)6/h13,25-26,30,34,37H,1,14-24,27-28H2,2-12H3/t30?,34-,37?/m1/s1. The van der Waals surface area contributed by atoms with E-state index >= 15 is 0 Å². The quantitative estimate of drug-likeness (QED) is 0.0414. The maximum atomic E-state index is 6.95. The van der Waals surface area contributed by atoms with Gasteiger partial charge in [-0.3, -0.25) is 14.6 Å². The summed E-state index contributed by atoms with van der Waals surface area (Å²) >= 11 is 2.40. The van der Waals surface area contributed by atoms with Crippen LogP contribution in [0.2, 0.25) is 43.8 Å². The molecule has 13 nitrogen and oxygen atoms in total. The van der Waals surface area contributed by atoms with Gasteiger partial charge in [0.05, 0.1) is 56.8 Å². The van der Waals surface area contributed by atoms with Crippen LogP contribution in [0.1, 0.15) is 83.1 Å². The summed E-state index contributed by atoms with van der Waals surface area (Å²) in [7, 11) is -1.18. The summed E-state index contributed by atoms with van der Waals surface area (Å²) in [6.45, 7) is 31.3. The number of hydrogen-bond acceptors (Lipinski definition) is 10. The number of rotatable bonds is 18. The molecule has 0 aromatic carbocycles. The second kappa shape index (κ2) is 18.6. The molecule has 0 radical (unpaired) electrons. The highest BCUT2D eigenvalue weighted by Crippen LogP contribution is 2.39. The van der Waals surface area contributed by atoms with E-state index in [4.69, 9.17) is 43.7 Å². The fourth-order valence-electron chi connectivity index (χ4n) is 7.59. The van der Waals surface area contributed by atoms with Crippen LogP contribution >= 0.6 is 22.6 Å². The van der Waals surface area contributed by atoms with Crippen LogP contribution in [0.3, 0.4) is 0 Å². The van der Waals surface area contributed by atoms with Crippen molar-refractivity contribution in [1.29, 1.82) is 0 Å². The Balaban J connectivity index is 1.21. The smallest absolute Gasteiger partial charge is 0.248 e. The molecule has 0 aliphatic carbocycles. The topological polar surface area (TPSA) is 116 Å². The summed E-state index contributed by atoms with van der Waals surface area (Å²) in [6, 6.07) is 3.37. The van der Waals surface area contributed by atoms with Crippen molar-refractivity contribution in [1.82, 2.24) is 39.2 Å². The minimum atomic E-state index is -1.93. The average molecular weight is 947 g/mol. The molecule has 4 aromatic rings. The first-order chi connectivity index (χ1) is 27.4. The summed E-state index contributed by atoms with van der Waals surface area (Å²) in [4.78, 5) is 7.51. The lowest BCUT2D eigenvalue weighted by atomic mass is 10.1. The predicted octanol–water partition coefficient (Wildman–Crippen LogP) is 9.43. The van der Waals surface area contributed by atoms with Gasteiger partial charge >= 0.3 is 0 Å². The van der Waals surface area contributed by atoms with Gasteiger partial charge < -0.3 is 23.4 Å². The van der Waals surface area contributed by atoms with Crippen LogP contribution in [0, 0.1) is 10.5 Å². The molecule has 4 aromatic heterocycles. The number of halogens is 1. The third-order valence-corrected chi connectivity index (χ3v) is 19.4. The van der Waals surface area contributed by atoms with Gasteiger partial charge in [-0.1, -0.05) is 47.0 Å². The normalized spacial score (nSPS) is 19.0. The van der Waals surface area contributed by atoms with Crippen LogP contribution in [0.5, 0.6) is 11.8 Å². The summed E-state index contributed by atoms with van der Waals surface area (Å²) in [5.41, 5.74) is 5.43. The van der Waals surface area contributed by atoms with Gasteiger partial charge in [0.25, 0.3) is 0 Å². The van der Waals surface area contributed by atoms with Crippen molar-refractivity contribution in [2.45, 2.75) is 142 Å². The monoisotopic (exact) mass is 946 g/mol. The lowest BCUT2D eigenvalue weighted by molar-refractivity contribution is -0.0367. The SMILES string of the molecule is C=Cc1nn(C2CCCCO2)c2cnc(-c3c(C)nn(C)c3OC(C)[C@H]3CCCN3Cc3c(I)c(OCOCC[Si](C)(C)C)nn3CCO[Si](C)(C)C(C)(C)C)cc12. The third kappa shape index (κ3) is 10.3. The highest BCUT2D eigenvalue weighted by molar-refractivity contribution is 14.1. The van der Waals surface area contributed by atoms with Crippen molar-refractivity contribution < 1.29 is 23.4 Å². The third-order valence-electron chi connectivity index (χ3n) is 12.1. The molecule has 0 N–H and O–H groups in total. The largest absolute Gasteiger partial charge is 0.473 e. The Morgan fingerprint density at radius 2 is 1.84 bits per heavy atom. The Labute approximate surface area is 361 Å². The van der Waals surface area contributed by atoms with Crippen molar-refractivity contribution in [2.24, 2.45) is 7.05 Å². The van der Waals surface area contributed by atoms with Gasteiger partial charge in [-0.05, 0) is 111 Å². The maximum absolute atomic E-state index is 6.95. The summed E-state index contributed by atoms with van der Waals surface area (Å²) in [5, 5.41) is 15.8. The van der Waals surface area contributed by atoms with E-state index in [1.165, 1.54) is 0 Å². The molecular formula is C42H67IN8O5Si2. The van der Waals surface area contributed by atoms with E-state index in [-0.39, 0.29) is 30.2 Å². The zero-order valence-corrected chi connectivity index (χ0v) is 41.0. The first-order valence-corrected chi connectivity index (χ1v) is 28.7. The Morgan fingerprint density at radius 3 is 2.53 bits per heavy atom. The lowest BCUT2D eigenvalue weighted by Gasteiger charge is -2.36. The van der Waals surface area contributed by atoms with Gasteiger partial charge in [0.1, 0.15) is 6.10 Å². The number of ether oxygens (including phenoxy) is 4. The van der Waals surface area contributed by atoms with Gasteiger partial charge in [0.15, 0.2) is 21.3 Å². The number of aromatic nitrogens is 7. The molecule has 2 aliphatic heterocycles. The van der Waals surface area contributed by atoms with Crippen LogP contribution in [0.15, 0.2) is 18.8 Å². The fourth-order valence-corrected chi connectivity index (χ4v) is 10.1. The molecule has 6 heterocycles. The Kier molecular flexibility index (Phi) is 14.4. The molecule has 2 aliphatic rings. The molecule has 0 saturated carbocycles. The van der Waals surface area contributed by atoms with Crippen molar-refractivity contribution in [3.05, 3.63) is 39.5 Å². The van der Waals surface area contributed by atoms with E-state index < -0.39 is 16.4 Å². The molecular weight excluding hydrogens is 880 g/mol. The number of aryl methyl sites for hydroxylation is 2. The van der Waals surface area contributed by atoms with Gasteiger partial charge in [-0.15, -0.1) is 5.10 Å². The number of nitrogens with zero attached hydrogens (tertiary/aromatic N) is 8. The van der Waals surface area contributed by atoms with Gasteiger partial charge in [-0.2, -0.15) is 10.2 Å². The van der Waals surface area contributed by atoms with Crippen LogP contribution < -0.4 is 9.47 Å². The molecule has 6 rings (SSSR count). The molecule has 58 heavy (non-hydrogen) atoms. The second-order valence-corrected chi connectivity index (χ2v) is 30.2. The molecule has 2 saturated heterocycles. The zero-order chi connectivity index (χ0) is 42.0. The van der Waals surface area contributed by atoms with Gasteiger partial charge in [-0.25, -0.2) is 9.36 Å². The maximum Gasteiger partial charge on any atom is 0.248 e. The molecule has 0 spiro atoms. The number of hydrogen-bond donors (Lipinski definition) is 0. The zero-order valence-electron chi connectivity index (χ0n) is 36.9. The molecule has 2 unspecified atom stereocenters. The van der Waals surface area contributed by atoms with Crippen LogP contribution in [-0.2, 0) is 34.0 Å². The Hall–Kier alpha value is -2.62. The molecule has 0 amide bonds. The van der Waals surface area contributed by atoms with E-state index in [0.29, 0.717) is 31.5 Å². The van der Waals surface area contributed by atoms with E-state index in [2.05, 4.69) is 105 Å². The van der Waals surface area contributed by atoms with Crippen molar-refractivity contribution in [2.75, 3.05) is 33.2 Å². The lowest BCUT2D eigenvalue weighted by Crippen LogP contribution is -2.42. The fraction of sp³-hybridized carbons (Fsp3) is 0.667. The van der Waals surface area contributed by atoms with E-state index in [9.17, 15) is 0 Å². The first kappa shape index (κ1) is 44.9. The molecule has 320 valence electrons. The number of fused-ring (bicyclic) bond motifs is 1. The van der Waals surface area contributed by atoms with E-state index in [0.717, 1.165) is 101 Å². The minimum absolute atomic E-state index is 0.0953. The minimum Gasteiger partial charge on any atom is -0.473 e. The highest BCUT2D eigenvalue weighted by atomic mass is 127. The Morgan fingerprint density at radius 1 is 1.07 bits per heavy atom. The summed E-state index contributed by atoms with van der Waals surface area (Å²) in [5.74, 6) is 1.32. The van der Waals surface area contributed by atoms with Gasteiger partial charge in [0, 0.05) is 46.3 Å². The number of pyridine rings is 1. The molecule has 2 fully saturated rings. The van der Waals surface area contributed by atoms with Crippen molar-refractivity contribution in [3.8, 4) is 23.0 Å². The molecule has 16 heteroatoms. The van der Waals surface area contributed by atoms with Crippen molar-refractivity contribution >= 4 is 56.0 Å². The first-order valence-electron chi connectivity index (χ1n) is 21.0. The highest BCUT2D eigenvalue weighted by Gasteiger charge is 2.38. The Bertz CT molecular complexity index is 2030. The predicted molar refractivity (Wildman–Crippen MR) is 245 cm³/mol. The van der Waals surface area contributed by atoms with E-state index in [1.807, 2.05) is 35.6 Å².